The van der Waals surface area contributed by atoms with E-state index in [2.05, 4.69) is 36.3 Å². The molecule has 0 saturated carbocycles. The highest BCUT2D eigenvalue weighted by atomic mass is 16.6. The van der Waals surface area contributed by atoms with Crippen LogP contribution in [0.2, 0.25) is 0 Å². The minimum absolute atomic E-state index is 0.431. The average Bonchev–Trinajstić information content (AvgIpc) is 2.55. The predicted molar refractivity (Wildman–Crippen MR) is 85.5 cm³/mol. The molecule has 110 valence electrons. The number of aryl methyl sites for hydroxylation is 1. The van der Waals surface area contributed by atoms with Crippen LogP contribution in [0.4, 0.5) is 0 Å². The molecular formula is C18H21NO2. The molecule has 0 saturated heterocycles. The van der Waals surface area contributed by atoms with Crippen molar-refractivity contribution in [1.29, 1.82) is 0 Å². The van der Waals surface area contributed by atoms with Gasteiger partial charge in [0, 0.05) is 12.7 Å². The van der Waals surface area contributed by atoms with Crippen molar-refractivity contribution in [2.24, 2.45) is 5.16 Å². The van der Waals surface area contributed by atoms with Gasteiger partial charge in [0.05, 0.1) is 6.61 Å². The van der Waals surface area contributed by atoms with Gasteiger partial charge in [-0.3, -0.25) is 0 Å². The first kappa shape index (κ1) is 15.3. The molecule has 3 nitrogen and oxygen atoms in total. The van der Waals surface area contributed by atoms with Crippen molar-refractivity contribution in [2.75, 3.05) is 13.7 Å². The van der Waals surface area contributed by atoms with E-state index < -0.39 is 0 Å². The normalized spacial score (nSPS) is 11.4. The van der Waals surface area contributed by atoms with Crippen molar-refractivity contribution in [2.45, 2.75) is 20.0 Å². The van der Waals surface area contributed by atoms with Crippen LogP contribution in [0.15, 0.2) is 59.8 Å². The van der Waals surface area contributed by atoms with E-state index in [1.165, 1.54) is 5.56 Å². The van der Waals surface area contributed by atoms with Gasteiger partial charge in [0.2, 0.25) is 0 Å². The van der Waals surface area contributed by atoms with Gasteiger partial charge in [-0.2, -0.15) is 0 Å². The third-order valence-electron chi connectivity index (χ3n) is 3.23. The van der Waals surface area contributed by atoms with E-state index in [4.69, 9.17) is 9.57 Å². The maximum atomic E-state index is 5.45. The van der Waals surface area contributed by atoms with E-state index in [1.54, 1.807) is 7.11 Å². The molecule has 0 spiro atoms. The third-order valence-corrected chi connectivity index (χ3v) is 3.23. The topological polar surface area (TPSA) is 30.8 Å². The fourth-order valence-corrected chi connectivity index (χ4v) is 1.99. The van der Waals surface area contributed by atoms with Crippen LogP contribution in [0.25, 0.3) is 0 Å². The fourth-order valence-electron chi connectivity index (χ4n) is 1.99. The SMILES string of the molecule is CCc1ccc(/C(COC)=N/OCc2ccccc2)cc1. The minimum atomic E-state index is 0.431. The fraction of sp³-hybridized carbons (Fsp3) is 0.278. The van der Waals surface area contributed by atoms with Crippen LogP contribution in [-0.4, -0.2) is 19.4 Å². The number of nitrogens with zero attached hydrogens (tertiary/aromatic N) is 1. The van der Waals surface area contributed by atoms with E-state index in [0.717, 1.165) is 23.3 Å². The van der Waals surface area contributed by atoms with E-state index in [1.807, 2.05) is 30.3 Å². The first-order valence-corrected chi connectivity index (χ1v) is 7.14. The van der Waals surface area contributed by atoms with Gasteiger partial charge in [-0.05, 0) is 17.5 Å². The van der Waals surface area contributed by atoms with Gasteiger partial charge in [-0.1, -0.05) is 66.7 Å². The van der Waals surface area contributed by atoms with Gasteiger partial charge in [0.25, 0.3) is 0 Å². The van der Waals surface area contributed by atoms with Gasteiger partial charge < -0.3 is 9.57 Å². The molecule has 0 radical (unpaired) electrons. The summed E-state index contributed by atoms with van der Waals surface area (Å²) in [5.74, 6) is 0. The lowest BCUT2D eigenvalue weighted by Crippen LogP contribution is -2.10. The lowest BCUT2D eigenvalue weighted by Gasteiger charge is -2.07. The summed E-state index contributed by atoms with van der Waals surface area (Å²) in [6, 6.07) is 18.3. The average molecular weight is 283 g/mol. The molecule has 2 aromatic rings. The van der Waals surface area contributed by atoms with Crippen molar-refractivity contribution in [3.05, 3.63) is 71.3 Å². The van der Waals surface area contributed by atoms with Crippen molar-refractivity contribution in [3.8, 4) is 0 Å². The first-order valence-electron chi connectivity index (χ1n) is 7.14. The molecule has 0 heterocycles. The predicted octanol–water partition coefficient (Wildman–Crippen LogP) is 3.82. The number of methoxy groups -OCH3 is 1. The molecule has 0 aliphatic heterocycles. The molecule has 21 heavy (non-hydrogen) atoms. The monoisotopic (exact) mass is 283 g/mol. The third kappa shape index (κ3) is 4.72. The Kier molecular flexibility index (Phi) is 5.98. The Morgan fingerprint density at radius 1 is 0.952 bits per heavy atom. The zero-order valence-corrected chi connectivity index (χ0v) is 12.6. The standard InChI is InChI=1S/C18H21NO2/c1-3-15-9-11-17(12-10-15)18(14-20-2)19-21-13-16-7-5-4-6-8-16/h4-12H,3,13-14H2,1-2H3/b19-18+. The summed E-state index contributed by atoms with van der Waals surface area (Å²) in [7, 11) is 1.66. The number of benzene rings is 2. The maximum absolute atomic E-state index is 5.45. The summed E-state index contributed by atoms with van der Waals surface area (Å²) < 4.78 is 5.21. The summed E-state index contributed by atoms with van der Waals surface area (Å²) in [6.45, 7) is 3.03. The number of oxime groups is 1. The van der Waals surface area contributed by atoms with E-state index in [0.29, 0.717) is 13.2 Å². The van der Waals surface area contributed by atoms with Gasteiger partial charge in [0.15, 0.2) is 0 Å². The van der Waals surface area contributed by atoms with Gasteiger partial charge in [-0.15, -0.1) is 0 Å². The molecule has 0 aromatic heterocycles. The smallest absolute Gasteiger partial charge is 0.142 e. The second-order valence-corrected chi connectivity index (χ2v) is 4.78. The summed E-state index contributed by atoms with van der Waals surface area (Å²) in [5, 5.41) is 4.23. The number of ether oxygens (including phenoxy) is 1. The molecule has 0 N–H and O–H groups in total. The van der Waals surface area contributed by atoms with Crippen LogP contribution in [0.3, 0.4) is 0 Å². The van der Waals surface area contributed by atoms with Gasteiger partial charge in [0.1, 0.15) is 12.3 Å². The number of hydrogen-bond donors (Lipinski definition) is 0. The molecule has 0 fully saturated rings. The van der Waals surface area contributed by atoms with Crippen LogP contribution >= 0.6 is 0 Å². The molecule has 0 unspecified atom stereocenters. The summed E-state index contributed by atoms with van der Waals surface area (Å²) in [4.78, 5) is 5.45. The summed E-state index contributed by atoms with van der Waals surface area (Å²) in [6.07, 6.45) is 1.03. The maximum Gasteiger partial charge on any atom is 0.142 e. The van der Waals surface area contributed by atoms with Crippen LogP contribution in [0.1, 0.15) is 23.6 Å². The van der Waals surface area contributed by atoms with Crippen molar-refractivity contribution >= 4 is 5.71 Å². The Morgan fingerprint density at radius 2 is 1.67 bits per heavy atom. The van der Waals surface area contributed by atoms with Crippen LogP contribution in [-0.2, 0) is 22.6 Å². The molecule has 2 rings (SSSR count). The van der Waals surface area contributed by atoms with E-state index >= 15 is 0 Å². The Bertz CT molecular complexity index is 562. The highest BCUT2D eigenvalue weighted by Crippen LogP contribution is 2.08. The Labute approximate surface area is 126 Å². The summed E-state index contributed by atoms with van der Waals surface area (Å²) >= 11 is 0. The molecular weight excluding hydrogens is 262 g/mol. The molecule has 0 bridgehead atoms. The first-order chi connectivity index (χ1) is 10.3. The highest BCUT2D eigenvalue weighted by Gasteiger charge is 2.04. The molecule has 0 aliphatic carbocycles. The minimum Gasteiger partial charge on any atom is -0.391 e. The number of hydrogen-bond acceptors (Lipinski definition) is 3. The molecule has 0 aliphatic rings. The molecule has 2 aromatic carbocycles. The van der Waals surface area contributed by atoms with E-state index in [-0.39, 0.29) is 0 Å². The zero-order valence-electron chi connectivity index (χ0n) is 12.6. The second kappa shape index (κ2) is 8.22. The van der Waals surface area contributed by atoms with Gasteiger partial charge >= 0.3 is 0 Å². The van der Waals surface area contributed by atoms with Crippen molar-refractivity contribution in [3.63, 3.8) is 0 Å². The Balaban J connectivity index is 2.04. The summed E-state index contributed by atoms with van der Waals surface area (Å²) in [5.41, 5.74) is 4.23. The Morgan fingerprint density at radius 3 is 2.29 bits per heavy atom. The molecule has 0 atom stereocenters. The zero-order chi connectivity index (χ0) is 14.9. The van der Waals surface area contributed by atoms with E-state index in [9.17, 15) is 0 Å². The second-order valence-electron chi connectivity index (χ2n) is 4.78. The van der Waals surface area contributed by atoms with Crippen LogP contribution < -0.4 is 0 Å². The quantitative estimate of drug-likeness (QED) is 0.571. The van der Waals surface area contributed by atoms with Crippen molar-refractivity contribution < 1.29 is 9.57 Å². The van der Waals surface area contributed by atoms with Crippen LogP contribution in [0.5, 0.6) is 0 Å². The molecule has 3 heteroatoms. The largest absolute Gasteiger partial charge is 0.391 e. The highest BCUT2D eigenvalue weighted by molar-refractivity contribution is 6.01. The Hall–Kier alpha value is -2.13. The van der Waals surface area contributed by atoms with Crippen molar-refractivity contribution in [1.82, 2.24) is 0 Å². The van der Waals surface area contributed by atoms with Crippen LogP contribution in [0, 0.1) is 0 Å². The lowest BCUT2D eigenvalue weighted by molar-refractivity contribution is 0.127. The number of rotatable bonds is 7. The van der Waals surface area contributed by atoms with Gasteiger partial charge in [-0.25, -0.2) is 0 Å². The lowest BCUT2D eigenvalue weighted by atomic mass is 10.1. The molecule has 0 amide bonds.